The van der Waals surface area contributed by atoms with Crippen LogP contribution in [0, 0.1) is 13.8 Å². The van der Waals surface area contributed by atoms with E-state index in [1.165, 1.54) is 0 Å². The van der Waals surface area contributed by atoms with Crippen molar-refractivity contribution in [1.29, 1.82) is 0 Å². The summed E-state index contributed by atoms with van der Waals surface area (Å²) in [5.41, 5.74) is 3.63. The molecule has 4 nitrogen and oxygen atoms in total. The Morgan fingerprint density at radius 1 is 0.857 bits per heavy atom. The van der Waals surface area contributed by atoms with Gasteiger partial charge in [-0.25, -0.2) is 0 Å². The first kappa shape index (κ1) is 19.4. The molecule has 1 amide bonds. The Morgan fingerprint density at radius 3 is 2.14 bits per heavy atom. The van der Waals surface area contributed by atoms with Gasteiger partial charge in [-0.1, -0.05) is 48.5 Å². The minimum atomic E-state index is -0.707. The molecule has 1 N–H and O–H groups in total. The molecule has 0 unspecified atom stereocenters. The normalized spacial score (nSPS) is 11.5. The van der Waals surface area contributed by atoms with E-state index in [0.29, 0.717) is 22.6 Å². The van der Waals surface area contributed by atoms with E-state index in [4.69, 9.17) is 4.74 Å². The Labute approximate surface area is 165 Å². The van der Waals surface area contributed by atoms with Crippen molar-refractivity contribution in [2.75, 3.05) is 5.32 Å². The predicted molar refractivity (Wildman–Crippen MR) is 111 cm³/mol. The fourth-order valence-corrected chi connectivity index (χ4v) is 3.03. The second kappa shape index (κ2) is 8.53. The van der Waals surface area contributed by atoms with E-state index in [2.05, 4.69) is 5.32 Å². The van der Waals surface area contributed by atoms with E-state index in [1.54, 1.807) is 43.3 Å². The molecule has 0 radical (unpaired) electrons. The van der Waals surface area contributed by atoms with Crippen molar-refractivity contribution in [2.24, 2.45) is 0 Å². The second-order valence-electron chi connectivity index (χ2n) is 6.81. The molecule has 0 spiro atoms. The van der Waals surface area contributed by atoms with E-state index in [1.807, 2.05) is 50.2 Å². The molecule has 1 atom stereocenters. The van der Waals surface area contributed by atoms with Crippen LogP contribution >= 0.6 is 0 Å². The number of nitrogens with one attached hydrogen (secondary N) is 1. The average Bonchev–Trinajstić information content (AvgIpc) is 2.67. The number of hydrogen-bond donors (Lipinski definition) is 1. The Kier molecular flexibility index (Phi) is 5.90. The number of benzene rings is 3. The van der Waals surface area contributed by atoms with Crippen LogP contribution in [0.1, 0.15) is 34.0 Å². The van der Waals surface area contributed by atoms with Gasteiger partial charge in [0.2, 0.25) is 0 Å². The van der Waals surface area contributed by atoms with Crippen molar-refractivity contribution in [3.8, 4) is 5.75 Å². The quantitative estimate of drug-likeness (QED) is 0.623. The van der Waals surface area contributed by atoms with Crippen LogP contribution in [-0.2, 0) is 4.79 Å². The van der Waals surface area contributed by atoms with Gasteiger partial charge in [-0.2, -0.15) is 0 Å². The largest absolute Gasteiger partial charge is 0.481 e. The maximum absolute atomic E-state index is 12.8. The standard InChI is InChI=1S/C24H23NO3/c1-16-13-17(2)15-20(14-16)28-18(3)24(27)25-22-12-8-7-11-21(22)23(26)19-9-5-4-6-10-19/h4-15,18H,1-3H3,(H,25,27)/t18-/m1/s1. The minimum Gasteiger partial charge on any atom is -0.481 e. The summed E-state index contributed by atoms with van der Waals surface area (Å²) >= 11 is 0. The highest BCUT2D eigenvalue weighted by Gasteiger charge is 2.19. The van der Waals surface area contributed by atoms with Crippen LogP contribution in [0.4, 0.5) is 5.69 Å². The van der Waals surface area contributed by atoms with Crippen LogP contribution in [0.25, 0.3) is 0 Å². The van der Waals surface area contributed by atoms with Crippen molar-refractivity contribution in [2.45, 2.75) is 26.9 Å². The maximum Gasteiger partial charge on any atom is 0.265 e. The highest BCUT2D eigenvalue weighted by Crippen LogP contribution is 2.21. The molecule has 3 rings (SSSR count). The number of hydrogen-bond acceptors (Lipinski definition) is 3. The minimum absolute atomic E-state index is 0.139. The summed E-state index contributed by atoms with van der Waals surface area (Å²) in [6, 6.07) is 21.8. The summed E-state index contributed by atoms with van der Waals surface area (Å²) < 4.78 is 5.80. The topological polar surface area (TPSA) is 55.4 Å². The van der Waals surface area contributed by atoms with Crippen molar-refractivity contribution in [1.82, 2.24) is 0 Å². The van der Waals surface area contributed by atoms with Crippen LogP contribution < -0.4 is 10.1 Å². The van der Waals surface area contributed by atoms with Gasteiger partial charge in [-0.15, -0.1) is 0 Å². The number of aryl methyl sites for hydroxylation is 2. The molecule has 0 saturated heterocycles. The molecule has 3 aromatic carbocycles. The molecule has 0 aliphatic heterocycles. The van der Waals surface area contributed by atoms with Crippen molar-refractivity contribution >= 4 is 17.4 Å². The Hall–Kier alpha value is -3.40. The smallest absolute Gasteiger partial charge is 0.265 e. The van der Waals surface area contributed by atoms with Gasteiger partial charge in [0.15, 0.2) is 11.9 Å². The van der Waals surface area contributed by atoms with Gasteiger partial charge in [0, 0.05) is 11.1 Å². The molecule has 0 saturated carbocycles. The summed E-state index contributed by atoms with van der Waals surface area (Å²) in [5, 5.41) is 2.83. The number of anilines is 1. The monoisotopic (exact) mass is 373 g/mol. The van der Waals surface area contributed by atoms with Crippen LogP contribution in [0.5, 0.6) is 5.75 Å². The number of ether oxygens (including phenoxy) is 1. The first-order valence-corrected chi connectivity index (χ1v) is 9.18. The van der Waals surface area contributed by atoms with E-state index in [0.717, 1.165) is 11.1 Å². The average molecular weight is 373 g/mol. The molecule has 0 bridgehead atoms. The zero-order valence-electron chi connectivity index (χ0n) is 16.2. The highest BCUT2D eigenvalue weighted by molar-refractivity contribution is 6.14. The molecule has 4 heteroatoms. The second-order valence-corrected chi connectivity index (χ2v) is 6.81. The predicted octanol–water partition coefficient (Wildman–Crippen LogP) is 4.94. The number of rotatable bonds is 6. The third-order valence-corrected chi connectivity index (χ3v) is 4.34. The van der Waals surface area contributed by atoms with Gasteiger partial charge >= 0.3 is 0 Å². The summed E-state index contributed by atoms with van der Waals surface area (Å²) in [7, 11) is 0. The zero-order chi connectivity index (χ0) is 20.1. The van der Waals surface area contributed by atoms with Gasteiger partial charge in [0.25, 0.3) is 5.91 Å². The Balaban J connectivity index is 1.76. The third kappa shape index (κ3) is 4.65. The van der Waals surface area contributed by atoms with Gasteiger partial charge in [-0.05, 0) is 56.2 Å². The number of para-hydroxylation sites is 1. The Morgan fingerprint density at radius 2 is 1.46 bits per heavy atom. The lowest BCUT2D eigenvalue weighted by molar-refractivity contribution is -0.122. The zero-order valence-corrected chi connectivity index (χ0v) is 16.2. The fraction of sp³-hybridized carbons (Fsp3) is 0.167. The SMILES string of the molecule is Cc1cc(C)cc(O[C@H](C)C(=O)Nc2ccccc2C(=O)c2ccccc2)c1. The molecule has 0 aromatic heterocycles. The van der Waals surface area contributed by atoms with E-state index in [-0.39, 0.29) is 11.7 Å². The van der Waals surface area contributed by atoms with Crippen LogP contribution in [-0.4, -0.2) is 17.8 Å². The number of carbonyl (C=O) groups excluding carboxylic acids is 2. The molecule has 28 heavy (non-hydrogen) atoms. The van der Waals surface area contributed by atoms with Crippen molar-refractivity contribution in [3.05, 3.63) is 95.1 Å². The van der Waals surface area contributed by atoms with Gasteiger partial charge < -0.3 is 10.1 Å². The molecule has 142 valence electrons. The number of amides is 1. The summed E-state index contributed by atoms with van der Waals surface area (Å²) in [6.45, 7) is 5.65. The summed E-state index contributed by atoms with van der Waals surface area (Å²) in [4.78, 5) is 25.5. The molecule has 0 heterocycles. The molecule has 0 aliphatic carbocycles. The van der Waals surface area contributed by atoms with E-state index >= 15 is 0 Å². The first-order chi connectivity index (χ1) is 13.4. The fourth-order valence-electron chi connectivity index (χ4n) is 3.03. The van der Waals surface area contributed by atoms with Gasteiger partial charge in [-0.3, -0.25) is 9.59 Å². The lowest BCUT2D eigenvalue weighted by Crippen LogP contribution is -2.30. The molecular weight excluding hydrogens is 350 g/mol. The lowest BCUT2D eigenvalue weighted by atomic mass is 10.0. The summed E-state index contributed by atoms with van der Waals surface area (Å²) in [5.74, 6) is 0.195. The van der Waals surface area contributed by atoms with E-state index in [9.17, 15) is 9.59 Å². The van der Waals surface area contributed by atoms with Gasteiger partial charge in [0.05, 0.1) is 5.69 Å². The molecule has 0 fully saturated rings. The number of carbonyl (C=O) groups is 2. The lowest BCUT2D eigenvalue weighted by Gasteiger charge is -2.17. The highest BCUT2D eigenvalue weighted by atomic mass is 16.5. The van der Waals surface area contributed by atoms with E-state index < -0.39 is 6.10 Å². The number of ketones is 1. The Bertz CT molecular complexity index is 975. The summed E-state index contributed by atoms with van der Waals surface area (Å²) in [6.07, 6.45) is -0.707. The maximum atomic E-state index is 12.8. The molecular formula is C24H23NO3. The van der Waals surface area contributed by atoms with Crippen molar-refractivity contribution < 1.29 is 14.3 Å². The van der Waals surface area contributed by atoms with Crippen LogP contribution in [0.3, 0.4) is 0 Å². The molecule has 3 aromatic rings. The van der Waals surface area contributed by atoms with Gasteiger partial charge in [0.1, 0.15) is 5.75 Å². The van der Waals surface area contributed by atoms with Crippen molar-refractivity contribution in [3.63, 3.8) is 0 Å². The third-order valence-electron chi connectivity index (χ3n) is 4.34. The first-order valence-electron chi connectivity index (χ1n) is 9.18. The molecule has 0 aliphatic rings. The van der Waals surface area contributed by atoms with Crippen LogP contribution in [0.2, 0.25) is 0 Å². The van der Waals surface area contributed by atoms with Crippen LogP contribution in [0.15, 0.2) is 72.8 Å².